The highest BCUT2D eigenvalue weighted by Gasteiger charge is 2.22. The van der Waals surface area contributed by atoms with E-state index in [0.717, 1.165) is 43.8 Å². The summed E-state index contributed by atoms with van der Waals surface area (Å²) in [7, 11) is 0. The lowest BCUT2D eigenvalue weighted by Gasteiger charge is -2.34. The Labute approximate surface area is 114 Å². The SMILES string of the molecule is CCOC1CCN(c2ccc(C)cc2C(=O)O)CC1. The van der Waals surface area contributed by atoms with E-state index in [4.69, 9.17) is 4.74 Å². The molecule has 2 rings (SSSR count). The third-order valence-corrected chi connectivity index (χ3v) is 3.57. The maximum atomic E-state index is 11.3. The van der Waals surface area contributed by atoms with E-state index in [2.05, 4.69) is 4.90 Å². The first-order valence-electron chi connectivity index (χ1n) is 6.82. The van der Waals surface area contributed by atoms with Crippen LogP contribution in [0.5, 0.6) is 0 Å². The van der Waals surface area contributed by atoms with Crippen molar-refractivity contribution >= 4 is 11.7 Å². The van der Waals surface area contributed by atoms with Crippen LogP contribution < -0.4 is 4.90 Å². The molecular formula is C15H21NO3. The monoisotopic (exact) mass is 263 g/mol. The van der Waals surface area contributed by atoms with Crippen LogP contribution in [0.3, 0.4) is 0 Å². The number of hydrogen-bond donors (Lipinski definition) is 1. The predicted molar refractivity (Wildman–Crippen MR) is 75.0 cm³/mol. The predicted octanol–water partition coefficient (Wildman–Crippen LogP) is 2.70. The van der Waals surface area contributed by atoms with Crippen molar-refractivity contribution in [3.8, 4) is 0 Å². The summed E-state index contributed by atoms with van der Waals surface area (Å²) >= 11 is 0. The summed E-state index contributed by atoms with van der Waals surface area (Å²) in [6.07, 6.45) is 2.24. The molecule has 4 heteroatoms. The lowest BCUT2D eigenvalue weighted by atomic mass is 10.0. The smallest absolute Gasteiger partial charge is 0.337 e. The molecule has 19 heavy (non-hydrogen) atoms. The largest absolute Gasteiger partial charge is 0.478 e. The summed E-state index contributed by atoms with van der Waals surface area (Å²) in [5, 5.41) is 9.31. The van der Waals surface area contributed by atoms with Crippen LogP contribution >= 0.6 is 0 Å². The first-order chi connectivity index (χ1) is 9.11. The lowest BCUT2D eigenvalue weighted by molar-refractivity contribution is 0.0459. The first kappa shape index (κ1) is 13.9. The van der Waals surface area contributed by atoms with Crippen molar-refractivity contribution in [3.05, 3.63) is 29.3 Å². The molecule has 0 aliphatic carbocycles. The highest BCUT2D eigenvalue weighted by molar-refractivity contribution is 5.94. The van der Waals surface area contributed by atoms with Gasteiger partial charge in [0.15, 0.2) is 0 Å². The molecule has 1 aliphatic rings. The minimum absolute atomic E-state index is 0.319. The third-order valence-electron chi connectivity index (χ3n) is 3.57. The van der Waals surface area contributed by atoms with Gasteiger partial charge in [-0.25, -0.2) is 4.79 Å². The maximum Gasteiger partial charge on any atom is 0.337 e. The summed E-state index contributed by atoms with van der Waals surface area (Å²) in [4.78, 5) is 13.5. The second kappa shape index (κ2) is 6.06. The highest BCUT2D eigenvalue weighted by atomic mass is 16.5. The van der Waals surface area contributed by atoms with Crippen molar-refractivity contribution in [2.24, 2.45) is 0 Å². The number of piperidine rings is 1. The van der Waals surface area contributed by atoms with E-state index in [9.17, 15) is 9.90 Å². The van der Waals surface area contributed by atoms with Crippen LogP contribution in [0.2, 0.25) is 0 Å². The zero-order valence-corrected chi connectivity index (χ0v) is 11.6. The van der Waals surface area contributed by atoms with Gasteiger partial charge in [-0.2, -0.15) is 0 Å². The maximum absolute atomic E-state index is 11.3. The molecule has 1 N–H and O–H groups in total. The van der Waals surface area contributed by atoms with Crippen LogP contribution in [-0.2, 0) is 4.74 Å². The van der Waals surface area contributed by atoms with Crippen molar-refractivity contribution in [2.45, 2.75) is 32.8 Å². The standard InChI is InChI=1S/C15H21NO3/c1-3-19-12-6-8-16(9-7-12)14-5-4-11(2)10-13(14)15(17)18/h4-5,10,12H,3,6-9H2,1-2H3,(H,17,18). The second-order valence-electron chi connectivity index (χ2n) is 4.97. The van der Waals surface area contributed by atoms with Crippen LogP contribution in [0, 0.1) is 6.92 Å². The quantitative estimate of drug-likeness (QED) is 0.907. The van der Waals surface area contributed by atoms with Crippen LogP contribution in [0.4, 0.5) is 5.69 Å². The second-order valence-corrected chi connectivity index (χ2v) is 4.97. The number of aryl methyl sites for hydroxylation is 1. The molecule has 1 aromatic rings. The minimum Gasteiger partial charge on any atom is -0.478 e. The zero-order chi connectivity index (χ0) is 13.8. The topological polar surface area (TPSA) is 49.8 Å². The Hall–Kier alpha value is -1.55. The summed E-state index contributed by atoms with van der Waals surface area (Å²) in [6, 6.07) is 5.63. The molecule has 1 aromatic carbocycles. The number of anilines is 1. The van der Waals surface area contributed by atoms with Crippen LogP contribution in [0.15, 0.2) is 18.2 Å². The summed E-state index contributed by atoms with van der Waals surface area (Å²) < 4.78 is 5.62. The molecule has 0 aromatic heterocycles. The fraction of sp³-hybridized carbons (Fsp3) is 0.533. The molecule has 0 spiro atoms. The van der Waals surface area contributed by atoms with Crippen LogP contribution in [0.25, 0.3) is 0 Å². The van der Waals surface area contributed by atoms with Gasteiger partial charge in [0.05, 0.1) is 17.4 Å². The Balaban J connectivity index is 2.13. The molecule has 0 atom stereocenters. The molecular weight excluding hydrogens is 242 g/mol. The molecule has 0 amide bonds. The fourth-order valence-corrected chi connectivity index (χ4v) is 2.60. The van der Waals surface area contributed by atoms with E-state index in [-0.39, 0.29) is 0 Å². The van der Waals surface area contributed by atoms with E-state index >= 15 is 0 Å². The Bertz CT molecular complexity index is 451. The van der Waals surface area contributed by atoms with Crippen molar-refractivity contribution in [1.29, 1.82) is 0 Å². The number of carboxylic acid groups (broad SMARTS) is 1. The van der Waals surface area contributed by atoms with Gasteiger partial charge in [-0.1, -0.05) is 11.6 Å². The Morgan fingerprint density at radius 1 is 1.42 bits per heavy atom. The highest BCUT2D eigenvalue weighted by Crippen LogP contribution is 2.26. The van der Waals surface area contributed by atoms with Gasteiger partial charge in [0.25, 0.3) is 0 Å². The fourth-order valence-electron chi connectivity index (χ4n) is 2.60. The normalized spacial score (nSPS) is 16.6. The number of aromatic carboxylic acids is 1. The molecule has 1 fully saturated rings. The van der Waals surface area contributed by atoms with Gasteiger partial charge < -0.3 is 14.7 Å². The average Bonchev–Trinajstić information content (AvgIpc) is 2.40. The van der Waals surface area contributed by atoms with Gasteiger partial charge in [-0.15, -0.1) is 0 Å². The number of nitrogens with zero attached hydrogens (tertiary/aromatic N) is 1. The van der Waals surface area contributed by atoms with E-state index in [1.807, 2.05) is 26.0 Å². The first-order valence-corrected chi connectivity index (χ1v) is 6.82. The van der Waals surface area contributed by atoms with E-state index < -0.39 is 5.97 Å². The molecule has 4 nitrogen and oxygen atoms in total. The lowest BCUT2D eigenvalue weighted by Crippen LogP contribution is -2.37. The molecule has 0 radical (unpaired) electrons. The number of benzene rings is 1. The average molecular weight is 263 g/mol. The third kappa shape index (κ3) is 3.26. The Kier molecular flexibility index (Phi) is 4.43. The number of rotatable bonds is 4. The number of hydrogen-bond acceptors (Lipinski definition) is 3. The molecule has 0 unspecified atom stereocenters. The molecule has 104 valence electrons. The number of ether oxygens (including phenoxy) is 1. The van der Waals surface area contributed by atoms with Gasteiger partial charge in [-0.3, -0.25) is 0 Å². The zero-order valence-electron chi connectivity index (χ0n) is 11.6. The van der Waals surface area contributed by atoms with Crippen molar-refractivity contribution < 1.29 is 14.6 Å². The van der Waals surface area contributed by atoms with E-state index in [0.29, 0.717) is 11.7 Å². The van der Waals surface area contributed by atoms with Gasteiger partial charge in [0.2, 0.25) is 0 Å². The van der Waals surface area contributed by atoms with Gasteiger partial charge in [-0.05, 0) is 38.8 Å². The molecule has 1 saturated heterocycles. The minimum atomic E-state index is -0.856. The van der Waals surface area contributed by atoms with E-state index in [1.165, 1.54) is 0 Å². The molecule has 1 heterocycles. The Morgan fingerprint density at radius 2 is 2.11 bits per heavy atom. The van der Waals surface area contributed by atoms with Gasteiger partial charge in [0.1, 0.15) is 0 Å². The van der Waals surface area contributed by atoms with Crippen molar-refractivity contribution in [1.82, 2.24) is 0 Å². The summed E-state index contributed by atoms with van der Waals surface area (Å²) in [6.45, 7) is 6.38. The van der Waals surface area contributed by atoms with E-state index in [1.54, 1.807) is 6.07 Å². The number of carbonyl (C=O) groups is 1. The molecule has 0 bridgehead atoms. The number of carboxylic acids is 1. The Morgan fingerprint density at radius 3 is 2.68 bits per heavy atom. The van der Waals surface area contributed by atoms with Crippen LogP contribution in [0.1, 0.15) is 35.7 Å². The molecule has 0 saturated carbocycles. The van der Waals surface area contributed by atoms with Gasteiger partial charge in [0, 0.05) is 19.7 Å². The van der Waals surface area contributed by atoms with Crippen LogP contribution in [-0.4, -0.2) is 36.9 Å². The summed E-state index contributed by atoms with van der Waals surface area (Å²) in [5.41, 5.74) is 2.20. The summed E-state index contributed by atoms with van der Waals surface area (Å²) in [5.74, 6) is -0.856. The van der Waals surface area contributed by atoms with Crippen molar-refractivity contribution in [3.63, 3.8) is 0 Å². The van der Waals surface area contributed by atoms with Crippen molar-refractivity contribution in [2.75, 3.05) is 24.6 Å². The van der Waals surface area contributed by atoms with Gasteiger partial charge >= 0.3 is 5.97 Å². The molecule has 1 aliphatic heterocycles.